The summed E-state index contributed by atoms with van der Waals surface area (Å²) in [6.07, 6.45) is 0.626. The molecule has 1 saturated heterocycles. The third-order valence-electron chi connectivity index (χ3n) is 3.40. The summed E-state index contributed by atoms with van der Waals surface area (Å²) in [5.74, 6) is -0.927. The molecule has 5 heteroatoms. The number of sulfone groups is 1. The smallest absolute Gasteiger partial charge is 0.185 e. The molecule has 1 fully saturated rings. The summed E-state index contributed by atoms with van der Waals surface area (Å²) in [5.41, 5.74) is 1.56. The van der Waals surface area contributed by atoms with E-state index in [1.807, 2.05) is 13.0 Å². The summed E-state index contributed by atoms with van der Waals surface area (Å²) in [5, 5.41) is 0. The first-order chi connectivity index (χ1) is 8.90. The van der Waals surface area contributed by atoms with Gasteiger partial charge in [-0.2, -0.15) is 0 Å². The van der Waals surface area contributed by atoms with E-state index in [1.165, 1.54) is 0 Å². The molecule has 0 radical (unpaired) electrons. The molecule has 19 heavy (non-hydrogen) atoms. The average Bonchev–Trinajstić information content (AvgIpc) is 2.85. The predicted octanol–water partition coefficient (Wildman–Crippen LogP) is 1.68. The highest BCUT2D eigenvalue weighted by molar-refractivity contribution is 7.92. The Kier molecular flexibility index (Phi) is 4.06. The summed E-state index contributed by atoms with van der Waals surface area (Å²) in [7, 11) is -3.56. The Bertz CT molecular complexity index is 583. The number of Topliss-reactive ketones (excluding diaryl/α,β-unsaturated/α-hetero) is 1. The lowest BCUT2D eigenvalue weighted by Crippen LogP contribution is -2.24. The molecule has 0 amide bonds. The molecule has 1 atom stereocenters. The van der Waals surface area contributed by atoms with Crippen LogP contribution >= 0.6 is 0 Å². The van der Waals surface area contributed by atoms with Crippen LogP contribution in [0.25, 0.3) is 0 Å². The molecule has 0 saturated carbocycles. The van der Waals surface area contributed by atoms with Crippen molar-refractivity contribution in [3.05, 3.63) is 29.3 Å². The predicted molar refractivity (Wildman–Crippen MR) is 71.9 cm³/mol. The number of rotatable bonds is 4. The third kappa shape index (κ3) is 3.22. The second-order valence-corrected chi connectivity index (χ2v) is 7.01. The molecule has 104 valence electrons. The van der Waals surface area contributed by atoms with Gasteiger partial charge in [-0.05, 0) is 37.5 Å². The molecule has 0 spiro atoms. The lowest BCUT2D eigenvalue weighted by molar-refractivity contribution is -0.120. The number of carbonyl (C=O) groups is 1. The van der Waals surface area contributed by atoms with E-state index in [9.17, 15) is 13.2 Å². The highest BCUT2D eigenvalue weighted by atomic mass is 32.2. The van der Waals surface area contributed by atoms with Gasteiger partial charge in [-0.3, -0.25) is 4.79 Å². The van der Waals surface area contributed by atoms with Crippen molar-refractivity contribution in [2.45, 2.75) is 25.2 Å². The van der Waals surface area contributed by atoms with E-state index in [2.05, 4.69) is 0 Å². The van der Waals surface area contributed by atoms with Gasteiger partial charge >= 0.3 is 0 Å². The summed E-state index contributed by atoms with van der Waals surface area (Å²) in [6.45, 7) is 4.47. The average molecular weight is 282 g/mol. The quantitative estimate of drug-likeness (QED) is 0.843. The fourth-order valence-corrected chi connectivity index (χ4v) is 3.90. The molecule has 0 N–H and O–H groups in total. The van der Waals surface area contributed by atoms with Crippen LogP contribution in [0.2, 0.25) is 0 Å². The van der Waals surface area contributed by atoms with Crippen LogP contribution in [0.1, 0.15) is 17.5 Å². The van der Waals surface area contributed by atoms with Crippen molar-refractivity contribution < 1.29 is 17.9 Å². The van der Waals surface area contributed by atoms with Gasteiger partial charge in [0.1, 0.15) is 5.75 Å². The number of hydrogen-bond donors (Lipinski definition) is 0. The van der Waals surface area contributed by atoms with Crippen molar-refractivity contribution >= 4 is 15.6 Å². The Hall–Kier alpha value is -1.20. The Morgan fingerprint density at radius 1 is 1.37 bits per heavy atom. The molecule has 1 aromatic carbocycles. The van der Waals surface area contributed by atoms with Crippen molar-refractivity contribution in [3.63, 3.8) is 0 Å². The molecule has 0 aliphatic carbocycles. The Labute approximate surface area is 113 Å². The minimum absolute atomic E-state index is 0.238. The standard InChI is InChI=1S/C14H18O4S/c1-10-3-4-11(2)14(7-10)19(16,17)9-13(15)12-5-6-18-8-12/h3-4,7,12H,5-6,8-9H2,1-2H3. The van der Waals surface area contributed by atoms with Gasteiger partial charge in [0.25, 0.3) is 0 Å². The van der Waals surface area contributed by atoms with E-state index < -0.39 is 15.6 Å². The topological polar surface area (TPSA) is 60.4 Å². The van der Waals surface area contributed by atoms with Gasteiger partial charge in [0.2, 0.25) is 0 Å². The maximum atomic E-state index is 12.3. The molecule has 1 heterocycles. The number of ether oxygens (including phenoxy) is 1. The first-order valence-electron chi connectivity index (χ1n) is 6.30. The lowest BCUT2D eigenvalue weighted by atomic mass is 10.1. The van der Waals surface area contributed by atoms with Crippen molar-refractivity contribution in [1.29, 1.82) is 0 Å². The zero-order valence-electron chi connectivity index (χ0n) is 11.2. The monoisotopic (exact) mass is 282 g/mol. The van der Waals surface area contributed by atoms with Gasteiger partial charge in [-0.1, -0.05) is 12.1 Å². The van der Waals surface area contributed by atoms with Gasteiger partial charge in [-0.25, -0.2) is 8.42 Å². The number of benzene rings is 1. The van der Waals surface area contributed by atoms with Crippen LogP contribution in [0.3, 0.4) is 0 Å². The Morgan fingerprint density at radius 2 is 2.11 bits per heavy atom. The van der Waals surface area contributed by atoms with Crippen LogP contribution in [0.4, 0.5) is 0 Å². The normalized spacial score (nSPS) is 19.6. The number of ketones is 1. The molecular weight excluding hydrogens is 264 g/mol. The zero-order valence-corrected chi connectivity index (χ0v) is 12.0. The van der Waals surface area contributed by atoms with Gasteiger partial charge in [0, 0.05) is 12.5 Å². The molecule has 0 aromatic heterocycles. The first-order valence-corrected chi connectivity index (χ1v) is 7.96. The highest BCUT2D eigenvalue weighted by Crippen LogP contribution is 2.21. The maximum absolute atomic E-state index is 12.3. The second-order valence-electron chi connectivity index (χ2n) is 5.05. The number of carbonyl (C=O) groups excluding carboxylic acids is 1. The van der Waals surface area contributed by atoms with E-state index in [-0.39, 0.29) is 16.6 Å². The van der Waals surface area contributed by atoms with Crippen LogP contribution < -0.4 is 0 Å². The lowest BCUT2D eigenvalue weighted by Gasteiger charge is -2.10. The van der Waals surface area contributed by atoms with E-state index in [1.54, 1.807) is 19.1 Å². The maximum Gasteiger partial charge on any atom is 0.185 e. The molecule has 2 rings (SSSR count). The zero-order chi connectivity index (χ0) is 14.0. The Balaban J connectivity index is 2.22. The largest absolute Gasteiger partial charge is 0.381 e. The second kappa shape index (κ2) is 5.43. The highest BCUT2D eigenvalue weighted by Gasteiger charge is 2.29. The molecule has 1 aliphatic heterocycles. The summed E-state index contributed by atoms with van der Waals surface area (Å²) >= 11 is 0. The molecule has 1 unspecified atom stereocenters. The van der Waals surface area contributed by atoms with Gasteiger partial charge in [0.15, 0.2) is 15.6 Å². The minimum atomic E-state index is -3.56. The molecule has 4 nitrogen and oxygen atoms in total. The van der Waals surface area contributed by atoms with Crippen LogP contribution in [-0.4, -0.2) is 33.2 Å². The van der Waals surface area contributed by atoms with Gasteiger partial charge < -0.3 is 4.74 Å². The number of aryl methyl sites for hydroxylation is 2. The summed E-state index contributed by atoms with van der Waals surface area (Å²) < 4.78 is 29.7. The first kappa shape index (κ1) is 14.2. The van der Waals surface area contributed by atoms with Crippen molar-refractivity contribution in [2.75, 3.05) is 19.0 Å². The fraction of sp³-hybridized carbons (Fsp3) is 0.500. The molecule has 1 aliphatic rings. The Morgan fingerprint density at radius 3 is 2.74 bits per heavy atom. The minimum Gasteiger partial charge on any atom is -0.381 e. The van der Waals surface area contributed by atoms with Crippen LogP contribution in [0, 0.1) is 19.8 Å². The number of hydrogen-bond acceptors (Lipinski definition) is 4. The summed E-state index contributed by atoms with van der Waals surface area (Å²) in [4.78, 5) is 12.2. The van der Waals surface area contributed by atoms with E-state index in [4.69, 9.17) is 4.74 Å². The third-order valence-corrected chi connectivity index (χ3v) is 5.17. The molecule has 1 aromatic rings. The van der Waals surface area contributed by atoms with Gasteiger partial charge in [0.05, 0.1) is 11.5 Å². The SMILES string of the molecule is Cc1ccc(C)c(S(=O)(=O)CC(=O)C2CCOC2)c1. The van der Waals surface area contributed by atoms with Crippen molar-refractivity contribution in [1.82, 2.24) is 0 Å². The van der Waals surface area contributed by atoms with Crippen molar-refractivity contribution in [3.8, 4) is 0 Å². The molecule has 0 bridgehead atoms. The summed E-state index contributed by atoms with van der Waals surface area (Å²) in [6, 6.07) is 5.26. The van der Waals surface area contributed by atoms with Crippen LogP contribution in [0.15, 0.2) is 23.1 Å². The fourth-order valence-electron chi connectivity index (χ4n) is 2.21. The van der Waals surface area contributed by atoms with E-state index in [0.717, 1.165) is 5.56 Å². The van der Waals surface area contributed by atoms with Crippen molar-refractivity contribution in [2.24, 2.45) is 5.92 Å². The van der Waals surface area contributed by atoms with Gasteiger partial charge in [-0.15, -0.1) is 0 Å². The van der Waals surface area contributed by atoms with E-state index >= 15 is 0 Å². The van der Waals surface area contributed by atoms with Crippen LogP contribution in [0.5, 0.6) is 0 Å². The molecular formula is C14H18O4S. The van der Waals surface area contributed by atoms with Crippen LogP contribution in [-0.2, 0) is 19.4 Å². The van der Waals surface area contributed by atoms with E-state index in [0.29, 0.717) is 25.2 Å².